The summed E-state index contributed by atoms with van der Waals surface area (Å²) in [4.78, 5) is 11.0. The maximum absolute atomic E-state index is 11.0. The van der Waals surface area contributed by atoms with E-state index in [0.29, 0.717) is 6.61 Å². The van der Waals surface area contributed by atoms with E-state index in [0.717, 1.165) is 23.1 Å². The van der Waals surface area contributed by atoms with Crippen LogP contribution in [0.4, 0.5) is 4.79 Å². The molecule has 0 saturated heterocycles. The number of amides is 1. The SMILES string of the molecule is CC(OC(N)=O)C1OCCc2c(-c3ccnnc3)cccc21. The Balaban J connectivity index is 2.00. The van der Waals surface area contributed by atoms with Crippen LogP contribution in [0.2, 0.25) is 0 Å². The van der Waals surface area contributed by atoms with E-state index >= 15 is 0 Å². The van der Waals surface area contributed by atoms with Crippen molar-refractivity contribution in [2.75, 3.05) is 6.61 Å². The molecule has 2 N–H and O–H groups in total. The first-order chi connectivity index (χ1) is 10.7. The Bertz CT molecular complexity index is 676. The van der Waals surface area contributed by atoms with E-state index in [1.807, 2.05) is 18.2 Å². The maximum Gasteiger partial charge on any atom is 0.404 e. The monoisotopic (exact) mass is 299 g/mol. The highest BCUT2D eigenvalue weighted by Gasteiger charge is 2.29. The largest absolute Gasteiger partial charge is 0.444 e. The molecule has 0 spiro atoms. The van der Waals surface area contributed by atoms with E-state index in [-0.39, 0.29) is 6.10 Å². The van der Waals surface area contributed by atoms with Crippen molar-refractivity contribution in [3.8, 4) is 11.1 Å². The van der Waals surface area contributed by atoms with Gasteiger partial charge in [0.05, 0.1) is 19.0 Å². The number of benzene rings is 1. The summed E-state index contributed by atoms with van der Waals surface area (Å²) in [6.45, 7) is 2.35. The third-order valence-corrected chi connectivity index (χ3v) is 3.79. The lowest BCUT2D eigenvalue weighted by molar-refractivity contribution is -0.0431. The third-order valence-electron chi connectivity index (χ3n) is 3.79. The van der Waals surface area contributed by atoms with Crippen LogP contribution in [0.5, 0.6) is 0 Å². The van der Waals surface area contributed by atoms with Crippen LogP contribution in [0.25, 0.3) is 11.1 Å². The van der Waals surface area contributed by atoms with E-state index in [2.05, 4.69) is 16.3 Å². The highest BCUT2D eigenvalue weighted by atomic mass is 16.6. The molecule has 2 unspecified atom stereocenters. The molecular formula is C16H17N3O3. The number of nitrogens with two attached hydrogens (primary N) is 1. The first-order valence-electron chi connectivity index (χ1n) is 7.13. The van der Waals surface area contributed by atoms with Crippen molar-refractivity contribution in [1.29, 1.82) is 0 Å². The molecule has 0 radical (unpaired) electrons. The molecule has 0 fully saturated rings. The summed E-state index contributed by atoms with van der Waals surface area (Å²) in [7, 11) is 0. The highest BCUT2D eigenvalue weighted by molar-refractivity contribution is 5.68. The number of carbonyl (C=O) groups excluding carboxylic acids is 1. The molecule has 22 heavy (non-hydrogen) atoms. The molecule has 1 aromatic carbocycles. The van der Waals surface area contributed by atoms with Crippen LogP contribution in [-0.2, 0) is 15.9 Å². The Kier molecular flexibility index (Phi) is 4.02. The van der Waals surface area contributed by atoms with Crippen molar-refractivity contribution in [1.82, 2.24) is 10.2 Å². The summed E-state index contributed by atoms with van der Waals surface area (Å²) >= 11 is 0. The van der Waals surface area contributed by atoms with Crippen molar-refractivity contribution in [3.05, 3.63) is 47.8 Å². The number of aromatic nitrogens is 2. The van der Waals surface area contributed by atoms with Gasteiger partial charge in [0, 0.05) is 5.56 Å². The van der Waals surface area contributed by atoms with E-state index in [1.54, 1.807) is 19.3 Å². The van der Waals surface area contributed by atoms with E-state index in [4.69, 9.17) is 15.2 Å². The van der Waals surface area contributed by atoms with Crippen LogP contribution in [0.3, 0.4) is 0 Å². The van der Waals surface area contributed by atoms with E-state index in [9.17, 15) is 4.79 Å². The molecular weight excluding hydrogens is 282 g/mol. The van der Waals surface area contributed by atoms with Gasteiger partial charge >= 0.3 is 6.09 Å². The molecule has 114 valence electrons. The molecule has 1 aliphatic heterocycles. The van der Waals surface area contributed by atoms with Crippen LogP contribution in [-0.4, -0.2) is 29.0 Å². The molecule has 6 heteroatoms. The van der Waals surface area contributed by atoms with E-state index in [1.165, 1.54) is 5.56 Å². The van der Waals surface area contributed by atoms with Crippen LogP contribution in [0.15, 0.2) is 36.7 Å². The second-order valence-electron chi connectivity index (χ2n) is 5.19. The fourth-order valence-electron chi connectivity index (χ4n) is 2.88. The summed E-state index contributed by atoms with van der Waals surface area (Å²) in [5.41, 5.74) is 9.43. The normalized spacial score (nSPS) is 18.3. The van der Waals surface area contributed by atoms with Crippen molar-refractivity contribution in [2.45, 2.75) is 25.6 Å². The first kappa shape index (κ1) is 14.5. The number of rotatable bonds is 3. The molecule has 1 aliphatic rings. The van der Waals surface area contributed by atoms with Gasteiger partial charge in [-0.1, -0.05) is 18.2 Å². The predicted molar refractivity (Wildman–Crippen MR) is 80.0 cm³/mol. The van der Waals surface area contributed by atoms with Gasteiger partial charge in [-0.15, -0.1) is 0 Å². The summed E-state index contributed by atoms with van der Waals surface area (Å²) in [5.74, 6) is 0. The van der Waals surface area contributed by atoms with Gasteiger partial charge in [0.15, 0.2) is 0 Å². The molecule has 1 aromatic heterocycles. The molecule has 2 atom stereocenters. The minimum atomic E-state index is -0.794. The molecule has 3 rings (SSSR count). The summed E-state index contributed by atoms with van der Waals surface area (Å²) in [5, 5.41) is 7.75. The Labute approximate surface area is 128 Å². The molecule has 1 amide bonds. The number of nitrogens with zero attached hydrogens (tertiary/aromatic N) is 2. The fourth-order valence-corrected chi connectivity index (χ4v) is 2.88. The van der Waals surface area contributed by atoms with E-state index < -0.39 is 12.2 Å². The zero-order chi connectivity index (χ0) is 15.5. The highest BCUT2D eigenvalue weighted by Crippen LogP contribution is 2.36. The van der Waals surface area contributed by atoms with Crippen LogP contribution < -0.4 is 5.73 Å². The number of hydrogen-bond donors (Lipinski definition) is 1. The Morgan fingerprint density at radius 2 is 2.27 bits per heavy atom. The zero-order valence-electron chi connectivity index (χ0n) is 12.2. The maximum atomic E-state index is 11.0. The minimum absolute atomic E-state index is 0.314. The average molecular weight is 299 g/mol. The number of hydrogen-bond acceptors (Lipinski definition) is 5. The Morgan fingerprint density at radius 1 is 1.41 bits per heavy atom. The third kappa shape index (κ3) is 2.78. The van der Waals surface area contributed by atoms with Gasteiger partial charge in [-0.25, -0.2) is 4.79 Å². The van der Waals surface area contributed by atoms with Crippen LogP contribution in [0, 0.1) is 0 Å². The Hall–Kier alpha value is -2.47. The topological polar surface area (TPSA) is 87.3 Å². The lowest BCUT2D eigenvalue weighted by atomic mass is 9.89. The summed E-state index contributed by atoms with van der Waals surface area (Å²) in [6, 6.07) is 7.94. The van der Waals surface area contributed by atoms with Crippen molar-refractivity contribution < 1.29 is 14.3 Å². The van der Waals surface area contributed by atoms with Gasteiger partial charge in [-0.3, -0.25) is 0 Å². The number of carbonyl (C=O) groups is 1. The standard InChI is InChI=1S/C16H17N3O3/c1-10(22-16(17)20)15-14-4-2-3-12(13(14)6-8-21-15)11-5-7-18-19-9-11/h2-5,7,9-10,15H,6,8H2,1H3,(H2,17,20). The second-order valence-corrected chi connectivity index (χ2v) is 5.19. The van der Waals surface area contributed by atoms with Gasteiger partial charge in [0.25, 0.3) is 0 Å². The smallest absolute Gasteiger partial charge is 0.404 e. The zero-order valence-corrected chi connectivity index (χ0v) is 12.2. The summed E-state index contributed by atoms with van der Waals surface area (Å²) in [6.07, 6.45) is 2.66. The van der Waals surface area contributed by atoms with Crippen molar-refractivity contribution in [3.63, 3.8) is 0 Å². The lowest BCUT2D eigenvalue weighted by Gasteiger charge is -2.31. The first-order valence-corrected chi connectivity index (χ1v) is 7.13. The van der Waals surface area contributed by atoms with Gasteiger partial charge in [0.1, 0.15) is 12.2 Å². The second kappa shape index (κ2) is 6.11. The predicted octanol–water partition coefficient (Wildman–Crippen LogP) is 2.24. The van der Waals surface area contributed by atoms with Crippen molar-refractivity contribution in [2.24, 2.45) is 5.73 Å². The van der Waals surface area contributed by atoms with Gasteiger partial charge < -0.3 is 15.2 Å². The van der Waals surface area contributed by atoms with Crippen LogP contribution in [0.1, 0.15) is 24.2 Å². The lowest BCUT2D eigenvalue weighted by Crippen LogP contribution is -2.31. The van der Waals surface area contributed by atoms with Gasteiger partial charge in [-0.2, -0.15) is 10.2 Å². The van der Waals surface area contributed by atoms with Crippen LogP contribution >= 0.6 is 0 Å². The summed E-state index contributed by atoms with van der Waals surface area (Å²) < 4.78 is 10.9. The fraction of sp³-hybridized carbons (Fsp3) is 0.312. The van der Waals surface area contributed by atoms with Gasteiger partial charge in [0.2, 0.25) is 0 Å². The number of ether oxygens (including phenoxy) is 2. The molecule has 2 heterocycles. The number of primary amides is 1. The molecule has 0 aliphatic carbocycles. The molecule has 6 nitrogen and oxygen atoms in total. The Morgan fingerprint density at radius 3 is 3.00 bits per heavy atom. The molecule has 2 aromatic rings. The average Bonchev–Trinajstić information content (AvgIpc) is 2.54. The molecule has 0 saturated carbocycles. The van der Waals surface area contributed by atoms with Crippen molar-refractivity contribution >= 4 is 6.09 Å². The quantitative estimate of drug-likeness (QED) is 0.939. The number of fused-ring (bicyclic) bond motifs is 1. The minimum Gasteiger partial charge on any atom is -0.444 e. The van der Waals surface area contributed by atoms with Gasteiger partial charge in [-0.05, 0) is 36.1 Å². The molecule has 0 bridgehead atoms.